The fourth-order valence-electron chi connectivity index (χ4n) is 3.72. The molecule has 1 aliphatic rings. The van der Waals surface area contributed by atoms with Crippen LogP contribution in [0.4, 0.5) is 19.0 Å². The van der Waals surface area contributed by atoms with Crippen molar-refractivity contribution >= 4 is 28.7 Å². The van der Waals surface area contributed by atoms with Crippen molar-refractivity contribution in [3.63, 3.8) is 0 Å². The number of thiophene rings is 1. The minimum Gasteiger partial charge on any atom is -0.353 e. The molecule has 1 aliphatic heterocycles. The minimum atomic E-state index is -4.64. The summed E-state index contributed by atoms with van der Waals surface area (Å²) in [4.78, 5) is 26.2. The lowest BCUT2D eigenvalue weighted by Gasteiger charge is -2.35. The van der Waals surface area contributed by atoms with Crippen molar-refractivity contribution in [2.75, 3.05) is 31.1 Å². The lowest BCUT2D eigenvalue weighted by Crippen LogP contribution is -2.49. The Hall–Kier alpha value is -3.47. The number of carbonyl (C=O) groups excluding carboxylic acids is 1. The summed E-state index contributed by atoms with van der Waals surface area (Å²) in [6.45, 7) is 1.99. The van der Waals surface area contributed by atoms with Crippen molar-refractivity contribution in [3.8, 4) is 10.6 Å². The van der Waals surface area contributed by atoms with E-state index in [4.69, 9.17) is 0 Å². The summed E-state index contributed by atoms with van der Waals surface area (Å²) in [6, 6.07) is 10.0. The summed E-state index contributed by atoms with van der Waals surface area (Å²) >= 11 is 1.28. The number of hydrogen-bond acceptors (Lipinski definition) is 6. The summed E-state index contributed by atoms with van der Waals surface area (Å²) in [7, 11) is 0. The molecule has 11 heteroatoms. The molecule has 1 amide bonds. The van der Waals surface area contributed by atoms with Gasteiger partial charge in [-0.1, -0.05) is 12.1 Å². The van der Waals surface area contributed by atoms with Crippen molar-refractivity contribution < 1.29 is 18.0 Å². The van der Waals surface area contributed by atoms with Crippen LogP contribution in [0.2, 0.25) is 0 Å². The first-order valence-electron chi connectivity index (χ1n) is 9.87. The van der Waals surface area contributed by atoms with Crippen LogP contribution in [-0.4, -0.2) is 56.6 Å². The van der Waals surface area contributed by atoms with Gasteiger partial charge < -0.3 is 9.80 Å². The predicted octanol–water partition coefficient (Wildman–Crippen LogP) is 3.83. The maximum atomic E-state index is 13.7. The molecule has 164 valence electrons. The Bertz CT molecular complexity index is 1250. The number of pyridine rings is 1. The van der Waals surface area contributed by atoms with E-state index in [0.29, 0.717) is 35.6 Å². The van der Waals surface area contributed by atoms with E-state index in [0.717, 1.165) is 11.9 Å². The van der Waals surface area contributed by atoms with Crippen molar-refractivity contribution in [1.29, 1.82) is 0 Å². The molecule has 0 radical (unpaired) electrons. The summed E-state index contributed by atoms with van der Waals surface area (Å²) in [5.74, 6) is 0.442. The molecule has 0 N–H and O–H groups in total. The third-order valence-corrected chi connectivity index (χ3v) is 6.20. The Morgan fingerprint density at radius 2 is 1.88 bits per heavy atom. The first kappa shape index (κ1) is 20.4. The van der Waals surface area contributed by atoms with Crippen molar-refractivity contribution in [1.82, 2.24) is 24.5 Å². The van der Waals surface area contributed by atoms with Gasteiger partial charge in [0.1, 0.15) is 11.4 Å². The van der Waals surface area contributed by atoms with Gasteiger partial charge in [-0.3, -0.25) is 4.79 Å². The highest BCUT2D eigenvalue weighted by Gasteiger charge is 2.36. The van der Waals surface area contributed by atoms with E-state index < -0.39 is 11.9 Å². The Morgan fingerprint density at radius 1 is 1.06 bits per heavy atom. The molecule has 1 saturated heterocycles. The molecule has 5 heterocycles. The molecular formula is C21H17F3N6OS. The monoisotopic (exact) mass is 458 g/mol. The van der Waals surface area contributed by atoms with Crippen LogP contribution >= 0.6 is 11.3 Å². The number of piperazine rings is 1. The number of hydrogen-bond donors (Lipinski definition) is 0. The molecule has 4 aromatic rings. The van der Waals surface area contributed by atoms with Gasteiger partial charge in [-0.15, -0.1) is 11.3 Å². The molecule has 0 aromatic carbocycles. The Morgan fingerprint density at radius 3 is 2.53 bits per heavy atom. The van der Waals surface area contributed by atoms with Crippen molar-refractivity contribution in [2.45, 2.75) is 6.18 Å². The largest absolute Gasteiger partial charge is 0.433 e. The van der Waals surface area contributed by atoms with E-state index in [9.17, 15) is 18.0 Å². The highest BCUT2D eigenvalue weighted by Crippen LogP contribution is 2.34. The number of aromatic nitrogens is 4. The van der Waals surface area contributed by atoms with Gasteiger partial charge in [-0.2, -0.15) is 18.3 Å². The van der Waals surface area contributed by atoms with Gasteiger partial charge in [0.2, 0.25) is 0 Å². The Kier molecular flexibility index (Phi) is 5.04. The van der Waals surface area contributed by atoms with Gasteiger partial charge in [0.25, 0.3) is 5.91 Å². The second-order valence-corrected chi connectivity index (χ2v) is 8.21. The van der Waals surface area contributed by atoms with Crippen LogP contribution in [-0.2, 0) is 6.18 Å². The number of anilines is 1. The first-order valence-corrected chi connectivity index (χ1v) is 10.7. The smallest absolute Gasteiger partial charge is 0.353 e. The minimum absolute atomic E-state index is 0.0557. The Balaban J connectivity index is 1.47. The molecule has 4 aromatic heterocycles. The molecule has 0 aliphatic carbocycles. The average Bonchev–Trinajstić information content (AvgIpc) is 3.48. The molecule has 0 bridgehead atoms. The highest BCUT2D eigenvalue weighted by molar-refractivity contribution is 7.13. The summed E-state index contributed by atoms with van der Waals surface area (Å²) in [5.41, 5.74) is -0.847. The molecule has 32 heavy (non-hydrogen) atoms. The molecule has 5 rings (SSSR count). The maximum Gasteiger partial charge on any atom is 0.433 e. The second-order valence-electron chi connectivity index (χ2n) is 7.26. The van der Waals surface area contributed by atoms with Gasteiger partial charge in [-0.05, 0) is 29.6 Å². The fraction of sp³-hybridized carbons (Fsp3) is 0.238. The number of rotatable bonds is 3. The van der Waals surface area contributed by atoms with Gasteiger partial charge >= 0.3 is 6.18 Å². The van der Waals surface area contributed by atoms with Crippen LogP contribution in [0.25, 0.3) is 16.2 Å². The topological polar surface area (TPSA) is 66.6 Å². The summed E-state index contributed by atoms with van der Waals surface area (Å²) < 4.78 is 41.9. The lowest BCUT2D eigenvalue weighted by atomic mass is 10.2. The maximum absolute atomic E-state index is 13.7. The fourth-order valence-corrected chi connectivity index (χ4v) is 4.40. The van der Waals surface area contributed by atoms with Crippen LogP contribution in [0.1, 0.15) is 16.1 Å². The molecular weight excluding hydrogens is 441 g/mol. The molecule has 0 spiro atoms. The normalized spacial score (nSPS) is 14.8. The van der Waals surface area contributed by atoms with Crippen LogP contribution in [0.5, 0.6) is 0 Å². The quantitative estimate of drug-likeness (QED) is 0.467. The standard InChI is InChI=1S/C21H17F3N6OS/c22-21(23,24)17-12-15(16-4-3-11-32-16)27-19-14(13-26-30(17)19)20(31)29-9-7-28(8-10-29)18-5-1-2-6-25-18/h1-6,11-13H,7-10H2. The van der Waals surface area contributed by atoms with Crippen LogP contribution in [0.15, 0.2) is 54.2 Å². The summed E-state index contributed by atoms with van der Waals surface area (Å²) in [6.07, 6.45) is -1.77. The predicted molar refractivity (Wildman–Crippen MR) is 114 cm³/mol. The van der Waals surface area contributed by atoms with Crippen LogP contribution < -0.4 is 4.90 Å². The van der Waals surface area contributed by atoms with Crippen molar-refractivity contribution in [3.05, 3.63) is 65.4 Å². The number of nitrogens with zero attached hydrogens (tertiary/aromatic N) is 6. The van der Waals surface area contributed by atoms with Crippen LogP contribution in [0.3, 0.4) is 0 Å². The molecule has 0 atom stereocenters. The zero-order valence-corrected chi connectivity index (χ0v) is 17.5. The van der Waals surface area contributed by atoms with Gasteiger partial charge in [0.15, 0.2) is 11.3 Å². The number of fused-ring (bicyclic) bond motifs is 1. The molecule has 1 fully saturated rings. The number of alkyl halides is 3. The molecule has 7 nitrogen and oxygen atoms in total. The third kappa shape index (κ3) is 3.68. The van der Waals surface area contributed by atoms with Gasteiger partial charge in [0.05, 0.1) is 16.8 Å². The Labute approximate surface area is 184 Å². The highest BCUT2D eigenvalue weighted by atomic mass is 32.1. The zero-order chi connectivity index (χ0) is 22.3. The van der Waals surface area contributed by atoms with E-state index in [2.05, 4.69) is 20.0 Å². The third-order valence-electron chi connectivity index (χ3n) is 5.31. The number of halogens is 3. The van der Waals surface area contributed by atoms with E-state index in [-0.39, 0.29) is 22.8 Å². The molecule has 0 saturated carbocycles. The second kappa shape index (κ2) is 7.90. The van der Waals surface area contributed by atoms with E-state index in [1.165, 1.54) is 17.5 Å². The zero-order valence-electron chi connectivity index (χ0n) is 16.7. The van der Waals surface area contributed by atoms with Crippen molar-refractivity contribution in [2.24, 2.45) is 0 Å². The van der Waals surface area contributed by atoms with E-state index >= 15 is 0 Å². The van der Waals surface area contributed by atoms with Gasteiger partial charge in [-0.25, -0.2) is 14.5 Å². The van der Waals surface area contributed by atoms with E-state index in [1.807, 2.05) is 18.2 Å². The average molecular weight is 458 g/mol. The number of carbonyl (C=O) groups is 1. The van der Waals surface area contributed by atoms with Gasteiger partial charge in [0, 0.05) is 32.4 Å². The first-order chi connectivity index (χ1) is 15.4. The number of amides is 1. The lowest BCUT2D eigenvalue weighted by molar-refractivity contribution is -0.142. The SMILES string of the molecule is O=C(c1cnn2c(C(F)(F)F)cc(-c3cccs3)nc12)N1CCN(c2ccccn2)CC1. The summed E-state index contributed by atoms with van der Waals surface area (Å²) in [5, 5.41) is 5.62. The van der Waals surface area contributed by atoms with E-state index in [1.54, 1.807) is 28.6 Å². The van der Waals surface area contributed by atoms with Crippen LogP contribution in [0, 0.1) is 0 Å². The molecule has 0 unspecified atom stereocenters.